The van der Waals surface area contributed by atoms with E-state index >= 15 is 0 Å². The molecule has 2 heterocycles. The maximum Gasteiger partial charge on any atom is 0.218 e. The molecule has 2 aromatic heterocycles. The fourth-order valence-electron chi connectivity index (χ4n) is 3.20. The van der Waals surface area contributed by atoms with Crippen LogP contribution in [0.2, 0.25) is 0 Å². The van der Waals surface area contributed by atoms with E-state index in [2.05, 4.69) is 20.3 Å². The number of nitrogens with one attached hydrogen (secondary N) is 1. The minimum Gasteiger partial charge on any atom is -0.474 e. The van der Waals surface area contributed by atoms with Gasteiger partial charge in [0.25, 0.3) is 0 Å². The van der Waals surface area contributed by atoms with Crippen molar-refractivity contribution in [3.05, 3.63) is 54.2 Å². The van der Waals surface area contributed by atoms with Gasteiger partial charge in [0.2, 0.25) is 5.88 Å². The summed E-state index contributed by atoms with van der Waals surface area (Å²) >= 11 is 0. The molecule has 1 fully saturated rings. The average molecular weight is 338 g/mol. The van der Waals surface area contributed by atoms with Gasteiger partial charge in [-0.2, -0.15) is 0 Å². The Balaban J connectivity index is 1.55. The van der Waals surface area contributed by atoms with Crippen molar-refractivity contribution in [1.82, 2.24) is 15.0 Å². The van der Waals surface area contributed by atoms with Gasteiger partial charge in [-0.05, 0) is 43.9 Å². The summed E-state index contributed by atoms with van der Waals surface area (Å²) in [5.41, 5.74) is 1.27. The Labute approximate surface area is 145 Å². The first-order valence-corrected chi connectivity index (χ1v) is 8.55. The molecule has 0 spiro atoms. The summed E-state index contributed by atoms with van der Waals surface area (Å²) in [5.74, 6) is 0.904. The van der Waals surface area contributed by atoms with E-state index in [1.807, 2.05) is 12.1 Å². The number of para-hydroxylation sites is 1. The molecule has 0 atom stereocenters. The fourth-order valence-corrected chi connectivity index (χ4v) is 3.20. The number of hydrogen-bond acceptors (Lipinski definition) is 5. The number of pyridine rings is 1. The maximum absolute atomic E-state index is 13.9. The van der Waals surface area contributed by atoms with Gasteiger partial charge in [-0.3, -0.25) is 0 Å². The number of nitrogens with zero attached hydrogens (tertiary/aromatic N) is 3. The molecule has 25 heavy (non-hydrogen) atoms. The molecule has 3 aromatic rings. The third kappa shape index (κ3) is 3.38. The zero-order valence-corrected chi connectivity index (χ0v) is 13.8. The van der Waals surface area contributed by atoms with E-state index in [1.54, 1.807) is 18.3 Å². The lowest BCUT2D eigenvalue weighted by molar-refractivity contribution is 0.199. The van der Waals surface area contributed by atoms with Crippen LogP contribution < -0.4 is 10.1 Å². The molecular weight excluding hydrogens is 319 g/mol. The number of benzene rings is 1. The highest BCUT2D eigenvalue weighted by atomic mass is 19.1. The van der Waals surface area contributed by atoms with Gasteiger partial charge in [-0.25, -0.2) is 19.3 Å². The van der Waals surface area contributed by atoms with Crippen LogP contribution in [-0.4, -0.2) is 21.1 Å². The molecule has 1 N–H and O–H groups in total. The lowest BCUT2D eigenvalue weighted by Crippen LogP contribution is -2.14. The fraction of sp³-hybridized carbons (Fsp3) is 0.316. The molecule has 1 aromatic carbocycles. The quantitative estimate of drug-likeness (QED) is 0.759. The van der Waals surface area contributed by atoms with E-state index in [4.69, 9.17) is 4.74 Å². The topological polar surface area (TPSA) is 59.9 Å². The van der Waals surface area contributed by atoms with Crippen molar-refractivity contribution in [3.63, 3.8) is 0 Å². The van der Waals surface area contributed by atoms with Gasteiger partial charge in [0.1, 0.15) is 29.6 Å². The largest absolute Gasteiger partial charge is 0.474 e. The molecule has 4 rings (SSSR count). The monoisotopic (exact) mass is 338 g/mol. The first-order valence-electron chi connectivity index (χ1n) is 8.55. The van der Waals surface area contributed by atoms with Crippen LogP contribution in [0.15, 0.2) is 42.9 Å². The van der Waals surface area contributed by atoms with Gasteiger partial charge < -0.3 is 10.1 Å². The molecule has 1 saturated carbocycles. The van der Waals surface area contributed by atoms with Crippen LogP contribution in [-0.2, 0) is 6.54 Å². The lowest BCUT2D eigenvalue weighted by Gasteiger charge is -2.16. The van der Waals surface area contributed by atoms with Gasteiger partial charge in [0.05, 0.1) is 0 Å². The van der Waals surface area contributed by atoms with Crippen LogP contribution in [0, 0.1) is 5.82 Å². The van der Waals surface area contributed by atoms with Crippen LogP contribution in [0.25, 0.3) is 10.9 Å². The first kappa shape index (κ1) is 15.7. The number of halogens is 1. The average Bonchev–Trinajstić information content (AvgIpc) is 3.15. The Morgan fingerprint density at radius 3 is 2.84 bits per heavy atom. The molecular formula is C19H19FN4O. The number of anilines is 1. The summed E-state index contributed by atoms with van der Waals surface area (Å²) in [6.45, 7) is 0.499. The van der Waals surface area contributed by atoms with E-state index in [1.165, 1.54) is 25.2 Å². The summed E-state index contributed by atoms with van der Waals surface area (Å²) in [7, 11) is 0. The third-order valence-corrected chi connectivity index (χ3v) is 4.49. The molecule has 0 radical (unpaired) electrons. The van der Waals surface area contributed by atoms with Crippen molar-refractivity contribution in [2.24, 2.45) is 0 Å². The van der Waals surface area contributed by atoms with Gasteiger partial charge in [-0.15, -0.1) is 0 Å². The van der Waals surface area contributed by atoms with Crippen LogP contribution in [0.3, 0.4) is 0 Å². The second-order valence-corrected chi connectivity index (χ2v) is 6.20. The summed E-state index contributed by atoms with van der Waals surface area (Å²) in [6.07, 6.45) is 7.95. The minimum atomic E-state index is -0.352. The predicted molar refractivity (Wildman–Crippen MR) is 93.9 cm³/mol. The Hall–Kier alpha value is -2.76. The van der Waals surface area contributed by atoms with Crippen molar-refractivity contribution in [2.75, 3.05) is 5.32 Å². The zero-order valence-electron chi connectivity index (χ0n) is 13.8. The van der Waals surface area contributed by atoms with E-state index in [9.17, 15) is 4.39 Å². The molecule has 0 amide bonds. The maximum atomic E-state index is 13.9. The highest BCUT2D eigenvalue weighted by Gasteiger charge is 2.18. The number of hydrogen-bond donors (Lipinski definition) is 1. The van der Waals surface area contributed by atoms with Gasteiger partial charge >= 0.3 is 0 Å². The van der Waals surface area contributed by atoms with E-state index in [0.29, 0.717) is 29.1 Å². The second kappa shape index (κ2) is 7.01. The van der Waals surface area contributed by atoms with Crippen molar-refractivity contribution in [2.45, 2.75) is 38.3 Å². The zero-order chi connectivity index (χ0) is 17.1. The Kier molecular flexibility index (Phi) is 4.41. The van der Waals surface area contributed by atoms with Crippen LogP contribution in [0.1, 0.15) is 31.2 Å². The number of aromatic nitrogens is 3. The predicted octanol–water partition coefficient (Wildman–Crippen LogP) is 4.10. The molecule has 128 valence electrons. The molecule has 5 nitrogen and oxygen atoms in total. The summed E-state index contributed by atoms with van der Waals surface area (Å²) in [5, 5.41) is 3.92. The smallest absolute Gasteiger partial charge is 0.218 e. The van der Waals surface area contributed by atoms with Crippen LogP contribution >= 0.6 is 0 Å². The highest BCUT2D eigenvalue weighted by molar-refractivity contribution is 5.89. The normalized spacial score (nSPS) is 14.8. The van der Waals surface area contributed by atoms with E-state index in [-0.39, 0.29) is 11.9 Å². The van der Waals surface area contributed by atoms with Gasteiger partial charge in [0.15, 0.2) is 0 Å². The summed E-state index contributed by atoms with van der Waals surface area (Å²) in [4.78, 5) is 12.6. The molecule has 0 bridgehead atoms. The number of fused-ring (bicyclic) bond motifs is 1. The van der Waals surface area contributed by atoms with Crippen molar-refractivity contribution < 1.29 is 9.13 Å². The third-order valence-electron chi connectivity index (χ3n) is 4.49. The molecule has 1 aliphatic carbocycles. The van der Waals surface area contributed by atoms with Crippen molar-refractivity contribution in [3.8, 4) is 5.88 Å². The number of ether oxygens (including phenoxy) is 1. The Bertz CT molecular complexity index is 880. The summed E-state index contributed by atoms with van der Waals surface area (Å²) < 4.78 is 19.9. The SMILES string of the molecule is Fc1cccc2c(NCc3cccnc3OC3CCCC3)ncnc12. The second-order valence-electron chi connectivity index (χ2n) is 6.20. The standard InChI is InChI=1S/C19H19FN4O/c20-16-9-3-8-15-17(16)23-12-24-18(15)22-11-13-5-4-10-21-19(13)25-14-6-1-2-7-14/h3-5,8-10,12,14H,1-2,6-7,11H2,(H,22,23,24). The van der Waals surface area contributed by atoms with Gasteiger partial charge in [0, 0.05) is 23.7 Å². The molecule has 0 saturated heterocycles. The highest BCUT2D eigenvalue weighted by Crippen LogP contribution is 2.26. The molecule has 0 unspecified atom stereocenters. The molecule has 0 aliphatic heterocycles. The van der Waals surface area contributed by atoms with E-state index < -0.39 is 0 Å². The summed E-state index contributed by atoms with van der Waals surface area (Å²) in [6, 6.07) is 8.73. The van der Waals surface area contributed by atoms with E-state index in [0.717, 1.165) is 18.4 Å². The minimum absolute atomic E-state index is 0.252. The molecule has 1 aliphatic rings. The number of rotatable bonds is 5. The Morgan fingerprint density at radius 1 is 1.08 bits per heavy atom. The first-order chi connectivity index (χ1) is 12.3. The van der Waals surface area contributed by atoms with Crippen molar-refractivity contribution >= 4 is 16.7 Å². The van der Waals surface area contributed by atoms with Crippen LogP contribution in [0.5, 0.6) is 5.88 Å². The Morgan fingerprint density at radius 2 is 1.96 bits per heavy atom. The van der Waals surface area contributed by atoms with Crippen LogP contribution in [0.4, 0.5) is 10.2 Å². The van der Waals surface area contributed by atoms with Crippen molar-refractivity contribution in [1.29, 1.82) is 0 Å². The molecule has 6 heteroatoms. The lowest BCUT2D eigenvalue weighted by atomic mass is 10.2. The van der Waals surface area contributed by atoms with Gasteiger partial charge in [-0.1, -0.05) is 12.1 Å².